The number of hydrogen-bond acceptors (Lipinski definition) is 4. The first-order valence-corrected chi connectivity index (χ1v) is 7.36. The fourth-order valence-electron chi connectivity index (χ4n) is 1.71. The third kappa shape index (κ3) is 6.09. The fourth-order valence-corrected chi connectivity index (χ4v) is 1.89. The van der Waals surface area contributed by atoms with Crippen molar-refractivity contribution in [3.05, 3.63) is 28.8 Å². The largest absolute Gasteiger partial charge is 0.490 e. The molecule has 1 aromatic rings. The maximum absolute atomic E-state index is 9.79. The minimum Gasteiger partial charge on any atom is -0.490 e. The van der Waals surface area contributed by atoms with Crippen LogP contribution in [0.3, 0.4) is 0 Å². The van der Waals surface area contributed by atoms with Crippen LogP contribution >= 0.6 is 11.6 Å². The molecule has 114 valence electrons. The van der Waals surface area contributed by atoms with Crippen LogP contribution in [-0.4, -0.2) is 31.0 Å². The number of halogens is 1. The van der Waals surface area contributed by atoms with Gasteiger partial charge in [0.05, 0.1) is 6.61 Å². The lowest BCUT2D eigenvalue weighted by atomic mass is 10.1. The normalized spacial score (nSPS) is 14.1. The van der Waals surface area contributed by atoms with Gasteiger partial charge in [0.2, 0.25) is 0 Å². The van der Waals surface area contributed by atoms with Crippen molar-refractivity contribution in [1.29, 1.82) is 0 Å². The van der Waals surface area contributed by atoms with Crippen LogP contribution in [-0.2, 0) is 4.74 Å². The van der Waals surface area contributed by atoms with E-state index < -0.39 is 6.10 Å². The van der Waals surface area contributed by atoms with E-state index in [9.17, 15) is 5.11 Å². The van der Waals surface area contributed by atoms with Crippen molar-refractivity contribution in [2.24, 2.45) is 5.73 Å². The smallest absolute Gasteiger partial charge is 0.124 e. The molecule has 0 fully saturated rings. The third-order valence-electron chi connectivity index (χ3n) is 2.85. The average molecular weight is 302 g/mol. The summed E-state index contributed by atoms with van der Waals surface area (Å²) in [5.74, 6) is 0.650. The third-order valence-corrected chi connectivity index (χ3v) is 3.08. The van der Waals surface area contributed by atoms with Crippen molar-refractivity contribution in [2.75, 3.05) is 19.8 Å². The van der Waals surface area contributed by atoms with E-state index in [1.54, 1.807) is 18.2 Å². The molecule has 5 heteroatoms. The van der Waals surface area contributed by atoms with E-state index in [-0.39, 0.29) is 19.3 Å². The maximum Gasteiger partial charge on any atom is 0.124 e. The number of benzene rings is 1. The lowest BCUT2D eigenvalue weighted by Gasteiger charge is -2.17. The minimum absolute atomic E-state index is 0.174. The molecule has 0 radical (unpaired) electrons. The molecular weight excluding hydrogens is 278 g/mol. The first kappa shape index (κ1) is 17.2. The monoisotopic (exact) mass is 301 g/mol. The Labute approximate surface area is 125 Å². The number of rotatable bonds is 9. The quantitative estimate of drug-likeness (QED) is 0.688. The molecule has 0 aromatic heterocycles. The molecule has 0 amide bonds. The van der Waals surface area contributed by atoms with Gasteiger partial charge in [0, 0.05) is 23.2 Å². The Morgan fingerprint density at radius 2 is 2.10 bits per heavy atom. The molecule has 0 saturated heterocycles. The van der Waals surface area contributed by atoms with Gasteiger partial charge in [-0.25, -0.2) is 0 Å². The standard InChI is InChI=1S/C15H24ClNO3/c1-3-4-7-19-9-13(18)10-20-15-6-5-12(16)8-14(15)11(2)17/h5-6,8,11,13,18H,3-4,7,9-10,17H2,1-2H3. The number of hydrogen-bond donors (Lipinski definition) is 2. The highest BCUT2D eigenvalue weighted by Gasteiger charge is 2.11. The number of unbranched alkanes of at least 4 members (excludes halogenated alkanes) is 1. The SMILES string of the molecule is CCCCOCC(O)COc1ccc(Cl)cc1C(C)N. The van der Waals surface area contributed by atoms with Gasteiger partial charge in [0.25, 0.3) is 0 Å². The first-order chi connectivity index (χ1) is 9.54. The first-order valence-electron chi connectivity index (χ1n) is 6.98. The van der Waals surface area contributed by atoms with Gasteiger partial charge in [-0.15, -0.1) is 0 Å². The van der Waals surface area contributed by atoms with Crippen LogP contribution in [0.1, 0.15) is 38.3 Å². The summed E-state index contributed by atoms with van der Waals surface area (Å²) in [5, 5.41) is 10.4. The van der Waals surface area contributed by atoms with Gasteiger partial charge in [-0.3, -0.25) is 0 Å². The Hall–Kier alpha value is -0.810. The van der Waals surface area contributed by atoms with E-state index in [1.165, 1.54) is 0 Å². The van der Waals surface area contributed by atoms with Crippen LogP contribution in [0.4, 0.5) is 0 Å². The van der Waals surface area contributed by atoms with E-state index in [0.717, 1.165) is 18.4 Å². The molecule has 20 heavy (non-hydrogen) atoms. The number of ether oxygens (including phenoxy) is 2. The minimum atomic E-state index is -0.650. The molecule has 0 aliphatic rings. The van der Waals surface area contributed by atoms with Crippen molar-refractivity contribution in [1.82, 2.24) is 0 Å². The Bertz CT molecular complexity index is 399. The Balaban J connectivity index is 2.44. The predicted octanol–water partition coefficient (Wildman–Crippen LogP) is 2.92. The summed E-state index contributed by atoms with van der Waals surface area (Å²) < 4.78 is 10.9. The van der Waals surface area contributed by atoms with Crippen LogP contribution in [0.2, 0.25) is 5.02 Å². The molecule has 0 aliphatic carbocycles. The van der Waals surface area contributed by atoms with Crippen molar-refractivity contribution in [2.45, 2.75) is 38.8 Å². The highest BCUT2D eigenvalue weighted by Crippen LogP contribution is 2.27. The zero-order chi connectivity index (χ0) is 15.0. The molecule has 0 saturated carbocycles. The number of aliphatic hydroxyl groups excluding tert-OH is 1. The molecule has 2 atom stereocenters. The molecule has 2 unspecified atom stereocenters. The Morgan fingerprint density at radius 3 is 2.75 bits per heavy atom. The summed E-state index contributed by atoms with van der Waals surface area (Å²) in [6, 6.07) is 5.12. The molecule has 1 rings (SSSR count). The van der Waals surface area contributed by atoms with E-state index in [0.29, 0.717) is 17.4 Å². The number of aliphatic hydroxyl groups is 1. The summed E-state index contributed by atoms with van der Waals surface area (Å²) in [4.78, 5) is 0. The summed E-state index contributed by atoms with van der Waals surface area (Å²) in [7, 11) is 0. The van der Waals surface area contributed by atoms with Gasteiger partial charge in [-0.1, -0.05) is 24.9 Å². The van der Waals surface area contributed by atoms with Crippen LogP contribution in [0.25, 0.3) is 0 Å². The van der Waals surface area contributed by atoms with E-state index in [4.69, 9.17) is 26.8 Å². The van der Waals surface area contributed by atoms with Crippen LogP contribution in [0, 0.1) is 0 Å². The van der Waals surface area contributed by atoms with Gasteiger partial charge in [-0.05, 0) is 31.5 Å². The van der Waals surface area contributed by atoms with Crippen molar-refractivity contribution < 1.29 is 14.6 Å². The molecule has 3 N–H and O–H groups in total. The summed E-state index contributed by atoms with van der Waals surface area (Å²) in [5.41, 5.74) is 6.71. The van der Waals surface area contributed by atoms with Crippen molar-refractivity contribution in [3.63, 3.8) is 0 Å². The lowest BCUT2D eigenvalue weighted by Crippen LogP contribution is -2.24. The van der Waals surface area contributed by atoms with Crippen LogP contribution in [0.15, 0.2) is 18.2 Å². The van der Waals surface area contributed by atoms with Crippen LogP contribution < -0.4 is 10.5 Å². The Kier molecular flexibility index (Phi) is 7.92. The molecule has 1 aromatic carbocycles. The summed E-state index contributed by atoms with van der Waals surface area (Å²) >= 11 is 5.94. The van der Waals surface area contributed by atoms with Crippen LogP contribution in [0.5, 0.6) is 5.75 Å². The summed E-state index contributed by atoms with van der Waals surface area (Å²) in [6.07, 6.45) is 1.43. The van der Waals surface area contributed by atoms with E-state index in [1.807, 2.05) is 6.92 Å². The van der Waals surface area contributed by atoms with Gasteiger partial charge in [0.15, 0.2) is 0 Å². The molecule has 0 aliphatic heterocycles. The second-order valence-electron chi connectivity index (χ2n) is 4.86. The van der Waals surface area contributed by atoms with Gasteiger partial charge in [0.1, 0.15) is 18.5 Å². The van der Waals surface area contributed by atoms with E-state index >= 15 is 0 Å². The number of nitrogens with two attached hydrogens (primary N) is 1. The van der Waals surface area contributed by atoms with Gasteiger partial charge < -0.3 is 20.3 Å². The van der Waals surface area contributed by atoms with Crippen molar-refractivity contribution in [3.8, 4) is 5.75 Å². The second-order valence-corrected chi connectivity index (χ2v) is 5.30. The zero-order valence-electron chi connectivity index (χ0n) is 12.1. The van der Waals surface area contributed by atoms with Crippen molar-refractivity contribution >= 4 is 11.6 Å². The average Bonchev–Trinajstić information content (AvgIpc) is 2.42. The fraction of sp³-hybridized carbons (Fsp3) is 0.600. The van der Waals surface area contributed by atoms with Gasteiger partial charge >= 0.3 is 0 Å². The molecule has 0 heterocycles. The molecule has 0 bridgehead atoms. The molecule has 4 nitrogen and oxygen atoms in total. The molecule has 0 spiro atoms. The second kappa shape index (κ2) is 9.19. The topological polar surface area (TPSA) is 64.7 Å². The highest BCUT2D eigenvalue weighted by molar-refractivity contribution is 6.30. The van der Waals surface area contributed by atoms with Gasteiger partial charge in [-0.2, -0.15) is 0 Å². The zero-order valence-corrected chi connectivity index (χ0v) is 12.9. The highest BCUT2D eigenvalue weighted by atomic mass is 35.5. The molecular formula is C15H24ClNO3. The summed E-state index contributed by atoms with van der Waals surface area (Å²) in [6.45, 7) is 5.08. The van der Waals surface area contributed by atoms with E-state index in [2.05, 4.69) is 6.92 Å². The Morgan fingerprint density at radius 1 is 1.35 bits per heavy atom. The lowest BCUT2D eigenvalue weighted by molar-refractivity contribution is 0.0111. The maximum atomic E-state index is 9.79. The predicted molar refractivity (Wildman–Crippen MR) is 81.3 cm³/mol.